The molecule has 2 rings (SSSR count). The maximum absolute atomic E-state index is 10.7. The summed E-state index contributed by atoms with van der Waals surface area (Å²) in [6.45, 7) is 2.13. The summed E-state index contributed by atoms with van der Waals surface area (Å²) in [6.07, 6.45) is 1.57. The van der Waals surface area contributed by atoms with Crippen LogP contribution < -0.4 is 0 Å². The Kier molecular flexibility index (Phi) is 5.97. The van der Waals surface area contributed by atoms with Crippen LogP contribution in [0.3, 0.4) is 0 Å². The Morgan fingerprint density at radius 2 is 1.19 bits per heavy atom. The van der Waals surface area contributed by atoms with Crippen molar-refractivity contribution in [2.45, 2.75) is 38.4 Å². The summed E-state index contributed by atoms with van der Waals surface area (Å²) in [5.74, 6) is -0.185. The van der Waals surface area contributed by atoms with Crippen LogP contribution in [-0.2, 0) is 0 Å². The SMILES string of the molecule is CCCCC([C@@H](O)c1ccccc1)[C@@H](O)c1ccccc1. The van der Waals surface area contributed by atoms with Crippen molar-refractivity contribution in [1.29, 1.82) is 0 Å². The molecule has 0 spiro atoms. The maximum atomic E-state index is 10.7. The molecule has 0 bridgehead atoms. The van der Waals surface area contributed by atoms with Gasteiger partial charge in [0.05, 0.1) is 12.2 Å². The standard InChI is InChI=1S/C19H24O2/c1-2-3-14-17(18(20)15-10-6-4-7-11-15)19(21)16-12-8-5-9-13-16/h4-13,17-21H,2-3,14H2,1H3/t18-,19-/m0/s1. The van der Waals surface area contributed by atoms with E-state index in [1.807, 2.05) is 60.7 Å². The Hall–Kier alpha value is -1.64. The second kappa shape index (κ2) is 7.96. The quantitative estimate of drug-likeness (QED) is 0.797. The van der Waals surface area contributed by atoms with Gasteiger partial charge in [-0.05, 0) is 17.5 Å². The zero-order valence-electron chi connectivity index (χ0n) is 12.5. The second-order valence-electron chi connectivity index (χ2n) is 5.52. The summed E-state index contributed by atoms with van der Waals surface area (Å²) in [5, 5.41) is 21.4. The molecule has 0 heterocycles. The van der Waals surface area contributed by atoms with Crippen LogP contribution in [-0.4, -0.2) is 10.2 Å². The van der Waals surface area contributed by atoms with Crippen molar-refractivity contribution in [3.8, 4) is 0 Å². The van der Waals surface area contributed by atoms with E-state index < -0.39 is 12.2 Å². The third-order valence-corrected chi connectivity index (χ3v) is 3.98. The fraction of sp³-hybridized carbons (Fsp3) is 0.368. The Morgan fingerprint density at radius 1 is 0.762 bits per heavy atom. The molecule has 0 fully saturated rings. The molecule has 0 aliphatic rings. The van der Waals surface area contributed by atoms with E-state index in [0.717, 1.165) is 30.4 Å². The molecule has 0 saturated heterocycles. The molecule has 21 heavy (non-hydrogen) atoms. The lowest BCUT2D eigenvalue weighted by Crippen LogP contribution is -2.21. The van der Waals surface area contributed by atoms with Crippen molar-refractivity contribution in [3.63, 3.8) is 0 Å². The second-order valence-corrected chi connectivity index (χ2v) is 5.52. The summed E-state index contributed by atoms with van der Waals surface area (Å²) in [6, 6.07) is 19.2. The highest BCUT2D eigenvalue weighted by molar-refractivity contribution is 5.22. The molecule has 2 nitrogen and oxygen atoms in total. The predicted molar refractivity (Wildman–Crippen MR) is 85.8 cm³/mol. The topological polar surface area (TPSA) is 40.5 Å². The van der Waals surface area contributed by atoms with Gasteiger partial charge in [-0.1, -0.05) is 80.4 Å². The van der Waals surface area contributed by atoms with Crippen LogP contribution in [0.5, 0.6) is 0 Å². The van der Waals surface area contributed by atoms with Crippen LogP contribution in [0.25, 0.3) is 0 Å². The van der Waals surface area contributed by atoms with Gasteiger partial charge in [0.25, 0.3) is 0 Å². The number of hydrogen-bond acceptors (Lipinski definition) is 2. The van der Waals surface area contributed by atoms with Gasteiger partial charge in [0.2, 0.25) is 0 Å². The highest BCUT2D eigenvalue weighted by Gasteiger charge is 2.28. The number of unbranched alkanes of at least 4 members (excludes halogenated alkanes) is 1. The van der Waals surface area contributed by atoms with E-state index in [4.69, 9.17) is 0 Å². The van der Waals surface area contributed by atoms with Crippen molar-refractivity contribution in [2.75, 3.05) is 0 Å². The lowest BCUT2D eigenvalue weighted by Gasteiger charge is -2.28. The Morgan fingerprint density at radius 3 is 1.57 bits per heavy atom. The van der Waals surface area contributed by atoms with Crippen molar-refractivity contribution in [1.82, 2.24) is 0 Å². The number of aliphatic hydroxyl groups excluding tert-OH is 2. The Bertz CT molecular complexity index is 464. The summed E-state index contributed by atoms with van der Waals surface area (Å²) in [4.78, 5) is 0. The van der Waals surface area contributed by atoms with E-state index in [2.05, 4.69) is 6.92 Å². The minimum absolute atomic E-state index is 0.185. The minimum atomic E-state index is -0.645. The van der Waals surface area contributed by atoms with Gasteiger partial charge in [0, 0.05) is 5.92 Å². The highest BCUT2D eigenvalue weighted by Crippen LogP contribution is 2.36. The first-order valence-electron chi connectivity index (χ1n) is 7.70. The molecule has 2 N–H and O–H groups in total. The predicted octanol–water partition coefficient (Wildman–Crippen LogP) is 4.26. The number of benzene rings is 2. The molecule has 2 aromatic carbocycles. The molecule has 0 radical (unpaired) electrons. The van der Waals surface area contributed by atoms with Gasteiger partial charge in [-0.3, -0.25) is 0 Å². The zero-order chi connectivity index (χ0) is 15.1. The fourth-order valence-electron chi connectivity index (χ4n) is 2.72. The van der Waals surface area contributed by atoms with Gasteiger partial charge in [-0.15, -0.1) is 0 Å². The van der Waals surface area contributed by atoms with Crippen LogP contribution in [0.1, 0.15) is 49.5 Å². The lowest BCUT2D eigenvalue weighted by atomic mass is 9.84. The summed E-state index contributed by atoms with van der Waals surface area (Å²) in [5.41, 5.74) is 1.74. The minimum Gasteiger partial charge on any atom is -0.388 e. The molecular weight excluding hydrogens is 260 g/mol. The average molecular weight is 284 g/mol. The average Bonchev–Trinajstić information content (AvgIpc) is 2.56. The van der Waals surface area contributed by atoms with Gasteiger partial charge >= 0.3 is 0 Å². The van der Waals surface area contributed by atoms with Crippen molar-refractivity contribution in [3.05, 3.63) is 71.8 Å². The smallest absolute Gasteiger partial charge is 0.0846 e. The van der Waals surface area contributed by atoms with E-state index in [9.17, 15) is 10.2 Å². The zero-order valence-corrected chi connectivity index (χ0v) is 12.5. The third kappa shape index (κ3) is 4.16. The molecule has 112 valence electrons. The largest absolute Gasteiger partial charge is 0.388 e. The monoisotopic (exact) mass is 284 g/mol. The number of rotatable bonds is 7. The van der Waals surface area contributed by atoms with E-state index in [1.54, 1.807) is 0 Å². The first kappa shape index (κ1) is 15.7. The van der Waals surface area contributed by atoms with Crippen LogP contribution in [0, 0.1) is 5.92 Å². The third-order valence-electron chi connectivity index (χ3n) is 3.98. The molecule has 2 heteroatoms. The number of aliphatic hydroxyl groups is 2. The van der Waals surface area contributed by atoms with Crippen LogP contribution in [0.15, 0.2) is 60.7 Å². The van der Waals surface area contributed by atoms with Gasteiger partial charge < -0.3 is 10.2 Å². The Labute approximate surface area is 127 Å². The normalized spacial score (nSPS) is 14.1. The lowest BCUT2D eigenvalue weighted by molar-refractivity contribution is 0.00427. The molecule has 2 aromatic rings. The number of hydrogen-bond donors (Lipinski definition) is 2. The summed E-state index contributed by atoms with van der Waals surface area (Å²) < 4.78 is 0. The van der Waals surface area contributed by atoms with Crippen molar-refractivity contribution in [2.24, 2.45) is 5.92 Å². The summed E-state index contributed by atoms with van der Waals surface area (Å²) in [7, 11) is 0. The molecular formula is C19H24O2. The molecule has 2 atom stereocenters. The molecule has 0 aliphatic carbocycles. The first-order chi connectivity index (χ1) is 10.2. The van der Waals surface area contributed by atoms with E-state index in [0.29, 0.717) is 0 Å². The van der Waals surface area contributed by atoms with E-state index in [-0.39, 0.29) is 5.92 Å². The van der Waals surface area contributed by atoms with Gasteiger partial charge in [-0.25, -0.2) is 0 Å². The fourth-order valence-corrected chi connectivity index (χ4v) is 2.72. The van der Waals surface area contributed by atoms with Gasteiger partial charge in [-0.2, -0.15) is 0 Å². The van der Waals surface area contributed by atoms with Crippen LogP contribution >= 0.6 is 0 Å². The molecule has 0 unspecified atom stereocenters. The van der Waals surface area contributed by atoms with E-state index >= 15 is 0 Å². The molecule has 0 aromatic heterocycles. The summed E-state index contributed by atoms with van der Waals surface area (Å²) >= 11 is 0. The highest BCUT2D eigenvalue weighted by atomic mass is 16.3. The molecule has 0 amide bonds. The Balaban J connectivity index is 2.21. The molecule has 0 saturated carbocycles. The molecule has 0 aliphatic heterocycles. The van der Waals surface area contributed by atoms with Crippen LogP contribution in [0.2, 0.25) is 0 Å². The van der Waals surface area contributed by atoms with Crippen molar-refractivity contribution >= 4 is 0 Å². The van der Waals surface area contributed by atoms with Gasteiger partial charge in [0.1, 0.15) is 0 Å². The van der Waals surface area contributed by atoms with Crippen molar-refractivity contribution < 1.29 is 10.2 Å². The maximum Gasteiger partial charge on any atom is 0.0846 e. The first-order valence-corrected chi connectivity index (χ1v) is 7.70. The van der Waals surface area contributed by atoms with Gasteiger partial charge in [0.15, 0.2) is 0 Å². The van der Waals surface area contributed by atoms with Crippen LogP contribution in [0.4, 0.5) is 0 Å². The van der Waals surface area contributed by atoms with E-state index in [1.165, 1.54) is 0 Å².